The summed E-state index contributed by atoms with van der Waals surface area (Å²) in [7, 11) is 1.68. The molecule has 1 saturated heterocycles. The quantitative estimate of drug-likeness (QED) is 0.376. The Morgan fingerprint density at radius 3 is 2.67 bits per heavy atom. The third-order valence-electron chi connectivity index (χ3n) is 6.68. The molecule has 1 aliphatic heterocycles. The van der Waals surface area contributed by atoms with Crippen LogP contribution >= 0.6 is 0 Å². The molecule has 0 atom stereocenters. The molecule has 10 heteroatoms. The zero-order valence-electron chi connectivity index (χ0n) is 21.4. The third-order valence-corrected chi connectivity index (χ3v) is 6.68. The Kier molecular flexibility index (Phi) is 6.46. The van der Waals surface area contributed by atoms with Gasteiger partial charge >= 0.3 is 0 Å². The highest BCUT2D eigenvalue weighted by molar-refractivity contribution is 5.97. The van der Waals surface area contributed by atoms with Gasteiger partial charge in [-0.25, -0.2) is 9.78 Å². The van der Waals surface area contributed by atoms with Gasteiger partial charge in [0.2, 0.25) is 11.7 Å². The van der Waals surface area contributed by atoms with E-state index in [1.54, 1.807) is 19.2 Å². The second kappa shape index (κ2) is 9.57. The van der Waals surface area contributed by atoms with E-state index in [2.05, 4.69) is 35.9 Å². The molecule has 1 saturated carbocycles. The van der Waals surface area contributed by atoms with Crippen LogP contribution in [-0.4, -0.2) is 55.4 Å². The maximum absolute atomic E-state index is 13.6. The minimum atomic E-state index is -0.230. The summed E-state index contributed by atoms with van der Waals surface area (Å²) in [5, 5.41) is 16.9. The van der Waals surface area contributed by atoms with Crippen LogP contribution in [0.5, 0.6) is 11.6 Å². The summed E-state index contributed by atoms with van der Waals surface area (Å²) in [6, 6.07) is 7.39. The molecule has 2 fully saturated rings. The Labute approximate surface area is 210 Å². The lowest BCUT2D eigenvalue weighted by atomic mass is 9.84. The number of ketones is 1. The molecule has 0 amide bonds. The number of nitrogens with one attached hydrogen (secondary N) is 1. The van der Waals surface area contributed by atoms with Crippen molar-refractivity contribution < 1.29 is 23.7 Å². The number of anilines is 1. The standard InChI is InChI=1S/C26H34N6O4/c1-26(2,3)19-13-18(14-20(24(19)34-4)30-9-11-35-12-10-30)21(33)15-31-23-8-7-22(36-16-17-5-6-17)28-32(23)25(27)29-31/h7-8,13-14,17,27H,5-6,9-12,15-16H2,1-4H3. The number of Topliss-reactive ketones (excluding diaryl/α,β-unsaturated/α-hetero) is 1. The van der Waals surface area contributed by atoms with E-state index in [0.29, 0.717) is 42.8 Å². The molecular formula is C26H34N6O4. The predicted octanol–water partition coefficient (Wildman–Crippen LogP) is 1.87. The molecule has 2 aliphatic rings. The molecule has 1 aromatic carbocycles. The lowest BCUT2D eigenvalue weighted by molar-refractivity contribution is -0.721. The average Bonchev–Trinajstić information content (AvgIpc) is 3.65. The van der Waals surface area contributed by atoms with Crippen molar-refractivity contribution in [3.8, 4) is 11.6 Å². The second-order valence-corrected chi connectivity index (χ2v) is 10.5. The average molecular weight is 495 g/mol. The van der Waals surface area contributed by atoms with Gasteiger partial charge in [-0.05, 0) is 42.4 Å². The summed E-state index contributed by atoms with van der Waals surface area (Å²) >= 11 is 0. The maximum atomic E-state index is 13.6. The van der Waals surface area contributed by atoms with E-state index in [0.717, 1.165) is 30.1 Å². The molecule has 0 unspecified atom stereocenters. The van der Waals surface area contributed by atoms with E-state index in [1.807, 2.05) is 12.1 Å². The number of nitrogens with zero attached hydrogens (tertiary/aromatic N) is 5. The lowest BCUT2D eigenvalue weighted by Gasteiger charge is -2.33. The molecule has 0 spiro atoms. The van der Waals surface area contributed by atoms with Crippen LogP contribution < -0.4 is 29.8 Å². The first-order valence-corrected chi connectivity index (χ1v) is 12.5. The molecule has 1 aliphatic carbocycles. The number of methoxy groups -OCH3 is 1. The van der Waals surface area contributed by atoms with Gasteiger partial charge in [0.1, 0.15) is 5.75 Å². The first-order chi connectivity index (χ1) is 17.2. The molecule has 192 valence electrons. The number of ether oxygens (including phenoxy) is 3. The zero-order valence-corrected chi connectivity index (χ0v) is 21.4. The van der Waals surface area contributed by atoms with E-state index in [-0.39, 0.29) is 23.4 Å². The van der Waals surface area contributed by atoms with Gasteiger partial charge in [-0.1, -0.05) is 20.8 Å². The van der Waals surface area contributed by atoms with Gasteiger partial charge in [0.25, 0.3) is 0 Å². The fourth-order valence-corrected chi connectivity index (χ4v) is 4.45. The SMILES string of the molecule is COc1c(N2CCOCC2)cc(C(=O)C[n+]2[n-]c(=N)n3nc(OCC4CC4)ccc32)cc1C(C)(C)C. The number of benzene rings is 1. The number of morpholine rings is 1. The monoisotopic (exact) mass is 494 g/mol. The van der Waals surface area contributed by atoms with Gasteiger partial charge in [0, 0.05) is 30.3 Å². The molecule has 3 heterocycles. The highest BCUT2D eigenvalue weighted by Gasteiger charge is 2.28. The molecule has 3 aromatic rings. The van der Waals surface area contributed by atoms with Crippen LogP contribution in [0.1, 0.15) is 49.5 Å². The topological polar surface area (TPSA) is 107 Å². The molecular weight excluding hydrogens is 460 g/mol. The van der Waals surface area contributed by atoms with Crippen molar-refractivity contribution in [1.29, 1.82) is 5.41 Å². The van der Waals surface area contributed by atoms with Crippen molar-refractivity contribution in [1.82, 2.24) is 14.7 Å². The zero-order chi connectivity index (χ0) is 25.4. The van der Waals surface area contributed by atoms with Gasteiger partial charge in [-0.15, -0.1) is 0 Å². The maximum Gasteiger partial charge on any atom is 0.219 e. The van der Waals surface area contributed by atoms with Crippen LogP contribution in [0, 0.1) is 11.3 Å². The molecule has 0 bridgehead atoms. The van der Waals surface area contributed by atoms with Gasteiger partial charge in [-0.2, -0.15) is 5.10 Å². The molecule has 0 radical (unpaired) electrons. The van der Waals surface area contributed by atoms with Crippen molar-refractivity contribution in [2.45, 2.75) is 45.6 Å². The van der Waals surface area contributed by atoms with E-state index < -0.39 is 0 Å². The molecule has 1 N–H and O–H groups in total. The summed E-state index contributed by atoms with van der Waals surface area (Å²) in [5.74, 6) is 1.75. The number of aromatic nitrogens is 4. The van der Waals surface area contributed by atoms with Gasteiger partial charge in [0.15, 0.2) is 12.2 Å². The van der Waals surface area contributed by atoms with E-state index in [9.17, 15) is 4.79 Å². The number of hydrogen-bond donors (Lipinski definition) is 1. The normalized spacial score (nSPS) is 16.4. The van der Waals surface area contributed by atoms with Crippen molar-refractivity contribution in [3.63, 3.8) is 0 Å². The van der Waals surface area contributed by atoms with Crippen LogP contribution in [0.25, 0.3) is 5.65 Å². The lowest BCUT2D eigenvalue weighted by Crippen LogP contribution is -2.43. The highest BCUT2D eigenvalue weighted by Crippen LogP contribution is 2.40. The Hall–Kier alpha value is -3.40. The summed E-state index contributed by atoms with van der Waals surface area (Å²) in [4.78, 5) is 15.8. The van der Waals surface area contributed by atoms with Crippen molar-refractivity contribution in [2.24, 2.45) is 5.92 Å². The Morgan fingerprint density at radius 2 is 2.00 bits per heavy atom. The molecule has 2 aromatic heterocycles. The van der Waals surface area contributed by atoms with Crippen LogP contribution in [0.4, 0.5) is 5.69 Å². The van der Waals surface area contributed by atoms with Crippen molar-refractivity contribution in [3.05, 3.63) is 41.0 Å². The van der Waals surface area contributed by atoms with E-state index in [1.165, 1.54) is 22.0 Å². The van der Waals surface area contributed by atoms with E-state index >= 15 is 0 Å². The second-order valence-electron chi connectivity index (χ2n) is 10.5. The number of carbonyl (C=O) groups excluding carboxylic acids is 1. The molecule has 36 heavy (non-hydrogen) atoms. The highest BCUT2D eigenvalue weighted by atomic mass is 16.5. The van der Waals surface area contributed by atoms with E-state index in [4.69, 9.17) is 19.6 Å². The Morgan fingerprint density at radius 1 is 1.25 bits per heavy atom. The van der Waals surface area contributed by atoms with Crippen LogP contribution in [0.15, 0.2) is 24.3 Å². The van der Waals surface area contributed by atoms with Gasteiger partial charge < -0.3 is 24.5 Å². The first kappa shape index (κ1) is 24.3. The Bertz CT molecular complexity index is 1330. The number of hydrogen-bond acceptors (Lipinski definition) is 7. The predicted molar refractivity (Wildman–Crippen MR) is 132 cm³/mol. The number of carbonyl (C=O) groups is 1. The Balaban J connectivity index is 1.47. The van der Waals surface area contributed by atoms with Crippen molar-refractivity contribution >= 4 is 17.1 Å². The van der Waals surface area contributed by atoms with Crippen LogP contribution in [0.3, 0.4) is 0 Å². The van der Waals surface area contributed by atoms with Gasteiger partial charge in [-0.3, -0.25) is 9.31 Å². The number of rotatable bonds is 8. The largest absolute Gasteiger partial charge is 0.494 e. The summed E-state index contributed by atoms with van der Waals surface area (Å²) in [5.41, 5.74) is 2.74. The smallest absolute Gasteiger partial charge is 0.219 e. The van der Waals surface area contributed by atoms with Crippen LogP contribution in [-0.2, 0) is 16.7 Å². The summed E-state index contributed by atoms with van der Waals surface area (Å²) < 4.78 is 20.1. The summed E-state index contributed by atoms with van der Waals surface area (Å²) in [6.45, 7) is 9.70. The minimum absolute atomic E-state index is 0.00913. The molecule has 5 rings (SSSR count). The minimum Gasteiger partial charge on any atom is -0.494 e. The number of fused-ring (bicyclic) bond motifs is 1. The van der Waals surface area contributed by atoms with Gasteiger partial charge in [0.05, 0.1) is 38.2 Å². The van der Waals surface area contributed by atoms with Crippen LogP contribution in [0.2, 0.25) is 0 Å². The third kappa shape index (κ3) is 4.95. The fourth-order valence-electron chi connectivity index (χ4n) is 4.45. The van der Waals surface area contributed by atoms with Crippen molar-refractivity contribution in [2.75, 3.05) is 44.9 Å². The fraction of sp³-hybridized carbons (Fsp3) is 0.538. The summed E-state index contributed by atoms with van der Waals surface area (Å²) in [6.07, 6.45) is 2.38. The molecule has 10 nitrogen and oxygen atoms in total. The first-order valence-electron chi connectivity index (χ1n) is 12.5.